The SMILES string of the molecule is COCN1C(=O)COc2ccc(C(=O)CCl)cc21. The lowest BCUT2D eigenvalue weighted by molar-refractivity contribution is -0.122. The van der Waals surface area contributed by atoms with E-state index in [0.29, 0.717) is 17.0 Å². The molecule has 0 unspecified atom stereocenters. The summed E-state index contributed by atoms with van der Waals surface area (Å²) in [5.74, 6) is 0.0465. The molecule has 0 aromatic heterocycles. The quantitative estimate of drug-likeness (QED) is 0.613. The fourth-order valence-electron chi connectivity index (χ4n) is 1.72. The summed E-state index contributed by atoms with van der Waals surface area (Å²) in [5.41, 5.74) is 0.979. The van der Waals surface area contributed by atoms with Crippen molar-refractivity contribution in [1.82, 2.24) is 0 Å². The van der Waals surface area contributed by atoms with Gasteiger partial charge in [0, 0.05) is 12.7 Å². The molecule has 96 valence electrons. The molecule has 1 aliphatic rings. The highest BCUT2D eigenvalue weighted by atomic mass is 35.5. The predicted molar refractivity (Wildman–Crippen MR) is 66.3 cm³/mol. The van der Waals surface area contributed by atoms with Crippen LogP contribution in [0, 0.1) is 0 Å². The van der Waals surface area contributed by atoms with Crippen LogP contribution in [0.2, 0.25) is 0 Å². The maximum absolute atomic E-state index is 11.7. The van der Waals surface area contributed by atoms with Gasteiger partial charge >= 0.3 is 0 Å². The van der Waals surface area contributed by atoms with Crippen LogP contribution in [0.3, 0.4) is 0 Å². The summed E-state index contributed by atoms with van der Waals surface area (Å²) in [7, 11) is 1.50. The van der Waals surface area contributed by atoms with E-state index in [1.54, 1.807) is 18.2 Å². The number of anilines is 1. The monoisotopic (exact) mass is 269 g/mol. The van der Waals surface area contributed by atoms with Crippen LogP contribution in [0.25, 0.3) is 0 Å². The number of halogens is 1. The average Bonchev–Trinajstić information content (AvgIpc) is 2.40. The van der Waals surface area contributed by atoms with E-state index in [0.717, 1.165) is 0 Å². The molecule has 0 fully saturated rings. The first-order chi connectivity index (χ1) is 8.67. The minimum absolute atomic E-state index is 0.0286. The van der Waals surface area contributed by atoms with Crippen LogP contribution >= 0.6 is 11.6 Å². The molecule has 1 amide bonds. The van der Waals surface area contributed by atoms with Gasteiger partial charge in [-0.15, -0.1) is 11.6 Å². The minimum atomic E-state index is -0.208. The zero-order valence-electron chi connectivity index (χ0n) is 9.81. The molecular formula is C12H12ClNO4. The van der Waals surface area contributed by atoms with Crippen LogP contribution in [-0.4, -0.2) is 38.0 Å². The Kier molecular flexibility index (Phi) is 3.84. The van der Waals surface area contributed by atoms with Gasteiger partial charge in [-0.25, -0.2) is 0 Å². The van der Waals surface area contributed by atoms with E-state index in [2.05, 4.69) is 0 Å². The van der Waals surface area contributed by atoms with Gasteiger partial charge in [0.05, 0.1) is 11.6 Å². The zero-order chi connectivity index (χ0) is 13.1. The predicted octanol–water partition coefficient (Wildman–Crippen LogP) is 1.44. The van der Waals surface area contributed by atoms with Crippen LogP contribution in [0.1, 0.15) is 10.4 Å². The number of methoxy groups -OCH3 is 1. The number of carbonyl (C=O) groups is 2. The first-order valence-electron chi connectivity index (χ1n) is 5.32. The Bertz CT molecular complexity index is 489. The van der Waals surface area contributed by atoms with Crippen molar-refractivity contribution >= 4 is 29.0 Å². The van der Waals surface area contributed by atoms with E-state index < -0.39 is 0 Å². The molecule has 2 rings (SSSR count). The summed E-state index contributed by atoms with van der Waals surface area (Å²) in [6, 6.07) is 4.88. The summed E-state index contributed by atoms with van der Waals surface area (Å²) in [6.07, 6.45) is 0. The number of ether oxygens (including phenoxy) is 2. The Hall–Kier alpha value is -1.59. The molecule has 0 bridgehead atoms. The van der Waals surface area contributed by atoms with E-state index in [4.69, 9.17) is 21.1 Å². The molecular weight excluding hydrogens is 258 g/mol. The van der Waals surface area contributed by atoms with Crippen LogP contribution in [0.4, 0.5) is 5.69 Å². The molecule has 18 heavy (non-hydrogen) atoms. The molecule has 0 saturated heterocycles. The molecule has 0 spiro atoms. The molecule has 1 aromatic carbocycles. The van der Waals surface area contributed by atoms with Crippen LogP contribution < -0.4 is 9.64 Å². The lowest BCUT2D eigenvalue weighted by Crippen LogP contribution is -2.40. The number of fused-ring (bicyclic) bond motifs is 1. The average molecular weight is 270 g/mol. The number of rotatable bonds is 4. The number of amides is 1. The Balaban J connectivity index is 2.41. The summed E-state index contributed by atoms with van der Waals surface area (Å²) >= 11 is 5.51. The fourth-order valence-corrected chi connectivity index (χ4v) is 1.88. The van der Waals surface area contributed by atoms with Crippen molar-refractivity contribution in [2.45, 2.75) is 0 Å². The van der Waals surface area contributed by atoms with Crippen molar-refractivity contribution in [3.05, 3.63) is 23.8 Å². The summed E-state index contributed by atoms with van der Waals surface area (Å²) in [5, 5.41) is 0. The zero-order valence-corrected chi connectivity index (χ0v) is 10.6. The van der Waals surface area contributed by atoms with Crippen molar-refractivity contribution in [3.8, 4) is 5.75 Å². The fraction of sp³-hybridized carbons (Fsp3) is 0.333. The van der Waals surface area contributed by atoms with E-state index >= 15 is 0 Å². The molecule has 0 atom stereocenters. The second kappa shape index (κ2) is 5.37. The smallest absolute Gasteiger partial charge is 0.266 e. The molecule has 1 aromatic rings. The molecule has 5 nitrogen and oxygen atoms in total. The van der Waals surface area contributed by atoms with Gasteiger partial charge in [-0.05, 0) is 18.2 Å². The van der Waals surface area contributed by atoms with Crippen molar-refractivity contribution in [3.63, 3.8) is 0 Å². The largest absolute Gasteiger partial charge is 0.482 e. The number of ketones is 1. The third-order valence-corrected chi connectivity index (χ3v) is 2.85. The van der Waals surface area contributed by atoms with Gasteiger partial charge in [-0.3, -0.25) is 14.5 Å². The first-order valence-corrected chi connectivity index (χ1v) is 5.86. The number of Topliss-reactive ketones (excluding diaryl/α,β-unsaturated/α-hetero) is 1. The van der Waals surface area contributed by atoms with Gasteiger partial charge in [-0.1, -0.05) is 0 Å². The van der Waals surface area contributed by atoms with Gasteiger partial charge in [-0.2, -0.15) is 0 Å². The van der Waals surface area contributed by atoms with Gasteiger partial charge < -0.3 is 9.47 Å². The van der Waals surface area contributed by atoms with Crippen molar-refractivity contribution in [2.75, 3.05) is 31.2 Å². The molecule has 0 aliphatic carbocycles. The lowest BCUT2D eigenvalue weighted by atomic mass is 10.1. The van der Waals surface area contributed by atoms with Crippen molar-refractivity contribution in [1.29, 1.82) is 0 Å². The van der Waals surface area contributed by atoms with Crippen LogP contribution in [-0.2, 0) is 9.53 Å². The maximum atomic E-state index is 11.7. The summed E-state index contributed by atoms with van der Waals surface area (Å²) < 4.78 is 10.3. The van der Waals surface area contributed by atoms with Gasteiger partial charge in [0.25, 0.3) is 5.91 Å². The Labute approximate surface area is 109 Å². The Morgan fingerprint density at radius 2 is 2.33 bits per heavy atom. The highest BCUT2D eigenvalue weighted by Crippen LogP contribution is 2.33. The molecule has 0 N–H and O–H groups in total. The van der Waals surface area contributed by atoms with E-state index in [9.17, 15) is 9.59 Å². The van der Waals surface area contributed by atoms with E-state index in [1.807, 2.05) is 0 Å². The first kappa shape index (κ1) is 12.9. The third kappa shape index (κ3) is 2.32. The Morgan fingerprint density at radius 1 is 1.56 bits per heavy atom. The summed E-state index contributed by atoms with van der Waals surface area (Å²) in [4.78, 5) is 24.7. The Morgan fingerprint density at radius 3 is 3.00 bits per heavy atom. The lowest BCUT2D eigenvalue weighted by Gasteiger charge is -2.28. The highest BCUT2D eigenvalue weighted by molar-refractivity contribution is 6.30. The van der Waals surface area contributed by atoms with Gasteiger partial charge in [0.2, 0.25) is 0 Å². The topological polar surface area (TPSA) is 55.8 Å². The van der Waals surface area contributed by atoms with Gasteiger partial charge in [0.1, 0.15) is 12.5 Å². The molecule has 6 heteroatoms. The molecule has 0 saturated carbocycles. The number of carbonyl (C=O) groups excluding carboxylic acids is 2. The van der Waals surface area contributed by atoms with E-state index in [-0.39, 0.29) is 30.9 Å². The second-order valence-electron chi connectivity index (χ2n) is 3.77. The standard InChI is InChI=1S/C12H12ClNO4/c1-17-7-14-9-4-8(10(15)5-13)2-3-11(9)18-6-12(14)16/h2-4H,5-7H2,1H3. The summed E-state index contributed by atoms with van der Waals surface area (Å²) in [6.45, 7) is 0.0902. The van der Waals surface area contributed by atoms with Crippen molar-refractivity contribution in [2.24, 2.45) is 0 Å². The van der Waals surface area contributed by atoms with Crippen LogP contribution in [0.15, 0.2) is 18.2 Å². The molecule has 1 heterocycles. The highest BCUT2D eigenvalue weighted by Gasteiger charge is 2.26. The third-order valence-electron chi connectivity index (χ3n) is 2.60. The maximum Gasteiger partial charge on any atom is 0.266 e. The number of hydrogen-bond donors (Lipinski definition) is 0. The minimum Gasteiger partial charge on any atom is -0.482 e. The molecule has 0 radical (unpaired) electrons. The number of hydrogen-bond acceptors (Lipinski definition) is 4. The van der Waals surface area contributed by atoms with Gasteiger partial charge in [0.15, 0.2) is 12.4 Å². The number of benzene rings is 1. The normalized spacial score (nSPS) is 14.1. The molecule has 1 aliphatic heterocycles. The number of alkyl halides is 1. The van der Waals surface area contributed by atoms with Crippen molar-refractivity contribution < 1.29 is 19.1 Å². The van der Waals surface area contributed by atoms with Crippen LogP contribution in [0.5, 0.6) is 5.75 Å². The van der Waals surface area contributed by atoms with E-state index in [1.165, 1.54) is 12.0 Å². The number of nitrogens with zero attached hydrogens (tertiary/aromatic N) is 1. The second-order valence-corrected chi connectivity index (χ2v) is 4.03.